The van der Waals surface area contributed by atoms with Gasteiger partial charge in [0.05, 0.1) is 18.6 Å². The molecule has 0 unspecified atom stereocenters. The maximum absolute atomic E-state index is 13.5. The number of rotatable bonds is 4. The Labute approximate surface area is 85.6 Å². The first-order valence-corrected chi connectivity index (χ1v) is 4.25. The van der Waals surface area contributed by atoms with Gasteiger partial charge >= 0.3 is 5.69 Å². The lowest BCUT2D eigenvalue weighted by atomic mass is 10.2. The molecule has 1 rings (SSSR count). The highest BCUT2D eigenvalue weighted by molar-refractivity contribution is 5.52. The molecule has 82 valence electrons. The number of ether oxygens (including phenoxy) is 2. The van der Waals surface area contributed by atoms with E-state index in [1.807, 2.05) is 0 Å². The van der Waals surface area contributed by atoms with Gasteiger partial charge in [0.25, 0.3) is 0 Å². The molecule has 0 atom stereocenters. The Morgan fingerprint density at radius 2 is 2.20 bits per heavy atom. The maximum Gasteiger partial charge on any atom is 0.314 e. The van der Waals surface area contributed by atoms with Crippen molar-refractivity contribution in [3.63, 3.8) is 0 Å². The Morgan fingerprint density at radius 3 is 2.67 bits per heavy atom. The molecule has 0 heterocycles. The number of nitrogens with zero attached hydrogens (tertiary/aromatic N) is 1. The van der Waals surface area contributed by atoms with E-state index in [4.69, 9.17) is 4.74 Å². The molecule has 0 saturated heterocycles. The van der Waals surface area contributed by atoms with E-state index < -0.39 is 22.2 Å². The van der Waals surface area contributed by atoms with Crippen molar-refractivity contribution in [2.75, 3.05) is 13.7 Å². The van der Waals surface area contributed by atoms with Crippen LogP contribution in [-0.4, -0.2) is 18.6 Å². The van der Waals surface area contributed by atoms with Crippen LogP contribution in [0.15, 0.2) is 12.1 Å². The Kier molecular flexibility index (Phi) is 3.43. The van der Waals surface area contributed by atoms with E-state index in [1.54, 1.807) is 6.92 Å². The predicted octanol–water partition coefficient (Wildman–Crippen LogP) is 2.14. The number of benzene rings is 1. The molecule has 0 N–H and O–H groups in total. The molecule has 0 bridgehead atoms. The summed E-state index contributed by atoms with van der Waals surface area (Å²) in [6, 6.07) is 2.35. The van der Waals surface area contributed by atoms with Crippen LogP contribution in [0, 0.1) is 15.9 Å². The van der Waals surface area contributed by atoms with Crippen molar-refractivity contribution in [2.24, 2.45) is 0 Å². The van der Waals surface area contributed by atoms with Crippen molar-refractivity contribution in [3.8, 4) is 11.5 Å². The fourth-order valence-corrected chi connectivity index (χ4v) is 1.13. The molecule has 1 aromatic rings. The fourth-order valence-electron chi connectivity index (χ4n) is 1.13. The van der Waals surface area contributed by atoms with Gasteiger partial charge in [-0.2, -0.15) is 4.39 Å². The second-order valence-electron chi connectivity index (χ2n) is 2.62. The zero-order chi connectivity index (χ0) is 11.4. The van der Waals surface area contributed by atoms with Crippen LogP contribution in [0.5, 0.6) is 11.5 Å². The fraction of sp³-hybridized carbons (Fsp3) is 0.333. The summed E-state index contributed by atoms with van der Waals surface area (Å²) in [4.78, 5) is 9.81. The molecular formula is C9H10FNO4. The van der Waals surface area contributed by atoms with Crippen molar-refractivity contribution in [3.05, 3.63) is 28.1 Å². The number of hydrogen-bond acceptors (Lipinski definition) is 4. The minimum Gasteiger partial charge on any atom is -0.491 e. The highest BCUT2D eigenvalue weighted by atomic mass is 19.1. The molecule has 0 aliphatic heterocycles. The Balaban J connectivity index is 3.26. The molecule has 0 saturated carbocycles. The number of nitro groups is 1. The summed E-state index contributed by atoms with van der Waals surface area (Å²) < 4.78 is 23.1. The molecule has 0 amide bonds. The van der Waals surface area contributed by atoms with Gasteiger partial charge in [0.2, 0.25) is 11.6 Å². The first-order chi connectivity index (χ1) is 7.11. The SMILES string of the molecule is CCOc1ccc([N+](=O)[O-])c(OC)c1F. The van der Waals surface area contributed by atoms with E-state index in [9.17, 15) is 14.5 Å². The molecule has 5 nitrogen and oxygen atoms in total. The zero-order valence-electron chi connectivity index (χ0n) is 8.32. The lowest BCUT2D eigenvalue weighted by Gasteiger charge is -2.07. The average Bonchev–Trinajstić information content (AvgIpc) is 2.20. The zero-order valence-corrected chi connectivity index (χ0v) is 8.32. The molecule has 0 aromatic heterocycles. The third kappa shape index (κ3) is 2.15. The van der Waals surface area contributed by atoms with Gasteiger partial charge in [-0.05, 0) is 13.0 Å². The van der Waals surface area contributed by atoms with Crippen molar-refractivity contribution in [1.82, 2.24) is 0 Å². The molecule has 0 aliphatic rings. The first kappa shape index (κ1) is 11.2. The second kappa shape index (κ2) is 4.59. The maximum atomic E-state index is 13.5. The predicted molar refractivity (Wildman–Crippen MR) is 50.8 cm³/mol. The minimum atomic E-state index is -0.853. The molecule has 0 radical (unpaired) electrons. The second-order valence-corrected chi connectivity index (χ2v) is 2.62. The van der Waals surface area contributed by atoms with Crippen molar-refractivity contribution >= 4 is 5.69 Å². The average molecular weight is 215 g/mol. The summed E-state index contributed by atoms with van der Waals surface area (Å²) in [5, 5.41) is 10.5. The summed E-state index contributed by atoms with van der Waals surface area (Å²) in [7, 11) is 1.17. The summed E-state index contributed by atoms with van der Waals surface area (Å²) >= 11 is 0. The van der Waals surface area contributed by atoms with Crippen LogP contribution < -0.4 is 9.47 Å². The number of halogens is 1. The van der Waals surface area contributed by atoms with E-state index >= 15 is 0 Å². The smallest absolute Gasteiger partial charge is 0.314 e. The van der Waals surface area contributed by atoms with Crippen LogP contribution in [0.25, 0.3) is 0 Å². The largest absolute Gasteiger partial charge is 0.491 e. The third-order valence-corrected chi connectivity index (χ3v) is 1.74. The van der Waals surface area contributed by atoms with Gasteiger partial charge in [-0.25, -0.2) is 0 Å². The Morgan fingerprint density at radius 1 is 1.53 bits per heavy atom. The summed E-state index contributed by atoms with van der Waals surface area (Å²) in [6.45, 7) is 1.96. The van der Waals surface area contributed by atoms with Gasteiger partial charge in [-0.1, -0.05) is 0 Å². The van der Waals surface area contributed by atoms with Crippen LogP contribution in [-0.2, 0) is 0 Å². The minimum absolute atomic E-state index is 0.0556. The van der Waals surface area contributed by atoms with E-state index in [0.29, 0.717) is 0 Å². The van der Waals surface area contributed by atoms with Crippen LogP contribution in [0.2, 0.25) is 0 Å². The van der Waals surface area contributed by atoms with Crippen molar-refractivity contribution in [2.45, 2.75) is 6.92 Å². The lowest BCUT2D eigenvalue weighted by Crippen LogP contribution is -2.00. The molecule has 6 heteroatoms. The van der Waals surface area contributed by atoms with Crippen LogP contribution in [0.3, 0.4) is 0 Å². The van der Waals surface area contributed by atoms with E-state index in [2.05, 4.69) is 4.74 Å². The van der Waals surface area contributed by atoms with Crippen molar-refractivity contribution in [1.29, 1.82) is 0 Å². The van der Waals surface area contributed by atoms with Gasteiger partial charge in [-0.15, -0.1) is 0 Å². The Hall–Kier alpha value is -1.85. The number of methoxy groups -OCH3 is 1. The van der Waals surface area contributed by atoms with Crippen LogP contribution >= 0.6 is 0 Å². The van der Waals surface area contributed by atoms with Crippen molar-refractivity contribution < 1.29 is 18.8 Å². The third-order valence-electron chi connectivity index (χ3n) is 1.74. The standard InChI is InChI=1S/C9H10FNO4/c1-3-15-7-5-4-6(11(12)13)9(14-2)8(7)10/h4-5H,3H2,1-2H3. The van der Waals surface area contributed by atoms with Gasteiger partial charge in [0.1, 0.15) is 0 Å². The molecular weight excluding hydrogens is 205 g/mol. The van der Waals surface area contributed by atoms with Gasteiger partial charge in [-0.3, -0.25) is 10.1 Å². The quantitative estimate of drug-likeness (QED) is 0.570. The Bertz CT molecular complexity index is 381. The van der Waals surface area contributed by atoms with Gasteiger partial charge in [0, 0.05) is 6.07 Å². The van der Waals surface area contributed by atoms with E-state index in [0.717, 1.165) is 6.07 Å². The summed E-state index contributed by atoms with van der Waals surface area (Å²) in [5.41, 5.74) is -0.418. The van der Waals surface area contributed by atoms with E-state index in [1.165, 1.54) is 13.2 Å². The molecule has 15 heavy (non-hydrogen) atoms. The van der Waals surface area contributed by atoms with Gasteiger partial charge < -0.3 is 9.47 Å². The highest BCUT2D eigenvalue weighted by Gasteiger charge is 2.22. The normalized spacial score (nSPS) is 9.80. The first-order valence-electron chi connectivity index (χ1n) is 4.25. The van der Waals surface area contributed by atoms with Gasteiger partial charge in [0.15, 0.2) is 5.75 Å². The molecule has 1 aromatic carbocycles. The molecule has 0 fully saturated rings. The highest BCUT2D eigenvalue weighted by Crippen LogP contribution is 2.35. The van der Waals surface area contributed by atoms with E-state index in [-0.39, 0.29) is 12.4 Å². The molecule has 0 spiro atoms. The van der Waals surface area contributed by atoms with Crippen LogP contribution in [0.4, 0.5) is 10.1 Å². The summed E-state index contributed by atoms with van der Waals surface area (Å²) in [5.74, 6) is -1.32. The monoisotopic (exact) mass is 215 g/mol. The summed E-state index contributed by atoms with van der Waals surface area (Å²) in [6.07, 6.45) is 0. The van der Waals surface area contributed by atoms with Crippen LogP contribution in [0.1, 0.15) is 6.92 Å². The molecule has 0 aliphatic carbocycles. The lowest BCUT2D eigenvalue weighted by molar-refractivity contribution is -0.386. The number of hydrogen-bond donors (Lipinski definition) is 0. The topological polar surface area (TPSA) is 61.6 Å². The number of nitro benzene ring substituents is 1.